The summed E-state index contributed by atoms with van der Waals surface area (Å²) in [7, 11) is 0. The quantitative estimate of drug-likeness (QED) is 0.883. The highest BCUT2D eigenvalue weighted by atomic mass is 35.5. The average molecular weight is 370 g/mol. The molecule has 1 atom stereocenters. The molecule has 2 heterocycles. The fourth-order valence-electron chi connectivity index (χ4n) is 2.42. The van der Waals surface area contributed by atoms with E-state index in [0.717, 1.165) is 0 Å². The Bertz CT molecular complexity index is 842. The lowest BCUT2D eigenvalue weighted by Crippen LogP contribution is -2.56. The third kappa shape index (κ3) is 3.10. The SMILES string of the molecule is O=C(c1cccc(Cl)c1)N1N=C(c2cccnc2)C[C@@]1(O)C(F)(F)F. The Balaban J connectivity index is 2.06. The standard InChI is InChI=1S/C16H11ClF3N3O2/c17-12-5-1-3-10(7-12)14(24)23-15(25,16(18,19)20)8-13(22-23)11-4-2-6-21-9-11/h1-7,9,25H,8H2/t15-/m1/s1. The zero-order chi connectivity index (χ0) is 18.2. The molecule has 0 saturated carbocycles. The van der Waals surface area contributed by atoms with E-state index in [1.54, 1.807) is 0 Å². The third-order valence-corrected chi connectivity index (χ3v) is 3.93. The van der Waals surface area contributed by atoms with Gasteiger partial charge >= 0.3 is 6.18 Å². The van der Waals surface area contributed by atoms with Crippen molar-refractivity contribution in [3.63, 3.8) is 0 Å². The van der Waals surface area contributed by atoms with Crippen LogP contribution in [0.2, 0.25) is 5.02 Å². The first-order valence-corrected chi connectivity index (χ1v) is 7.47. The van der Waals surface area contributed by atoms with Gasteiger partial charge in [-0.25, -0.2) is 0 Å². The summed E-state index contributed by atoms with van der Waals surface area (Å²) in [6, 6.07) is 8.41. The molecule has 1 aromatic carbocycles. The lowest BCUT2D eigenvalue weighted by molar-refractivity contribution is -0.297. The molecule has 1 aliphatic heterocycles. The summed E-state index contributed by atoms with van der Waals surface area (Å²) >= 11 is 5.78. The van der Waals surface area contributed by atoms with Crippen molar-refractivity contribution in [2.24, 2.45) is 5.10 Å². The number of hydrazone groups is 1. The molecule has 1 aliphatic rings. The van der Waals surface area contributed by atoms with E-state index >= 15 is 0 Å². The highest BCUT2D eigenvalue weighted by Gasteiger charge is 2.63. The number of rotatable bonds is 2. The number of aliphatic hydroxyl groups is 1. The lowest BCUT2D eigenvalue weighted by atomic mass is 10.0. The van der Waals surface area contributed by atoms with Gasteiger partial charge in [0.2, 0.25) is 0 Å². The Morgan fingerprint density at radius 1 is 1.28 bits per heavy atom. The summed E-state index contributed by atoms with van der Waals surface area (Å²) in [5, 5.41) is 14.2. The van der Waals surface area contributed by atoms with Crippen LogP contribution in [0, 0.1) is 0 Å². The second-order valence-corrected chi connectivity index (χ2v) is 5.84. The third-order valence-electron chi connectivity index (χ3n) is 3.70. The van der Waals surface area contributed by atoms with Crippen LogP contribution in [0.15, 0.2) is 53.9 Å². The molecule has 0 spiro atoms. The van der Waals surface area contributed by atoms with Crippen LogP contribution in [0.3, 0.4) is 0 Å². The number of carbonyl (C=O) groups excluding carboxylic acids is 1. The maximum Gasteiger partial charge on any atom is 0.438 e. The summed E-state index contributed by atoms with van der Waals surface area (Å²) in [4.78, 5) is 16.3. The van der Waals surface area contributed by atoms with Gasteiger partial charge in [-0.05, 0) is 24.3 Å². The van der Waals surface area contributed by atoms with Gasteiger partial charge in [-0.2, -0.15) is 23.3 Å². The summed E-state index contributed by atoms with van der Waals surface area (Å²) in [5.41, 5.74) is -3.38. The number of alkyl halides is 3. The number of hydrogen-bond acceptors (Lipinski definition) is 4. The van der Waals surface area contributed by atoms with E-state index in [0.29, 0.717) is 0 Å². The van der Waals surface area contributed by atoms with Gasteiger partial charge in [-0.15, -0.1) is 0 Å². The molecule has 0 fully saturated rings. The molecular weight excluding hydrogens is 359 g/mol. The van der Waals surface area contributed by atoms with Crippen LogP contribution in [-0.2, 0) is 0 Å². The first-order chi connectivity index (χ1) is 11.7. The average Bonchev–Trinajstić information content (AvgIpc) is 2.94. The minimum atomic E-state index is -5.10. The van der Waals surface area contributed by atoms with Crippen LogP contribution in [0.5, 0.6) is 0 Å². The molecule has 3 rings (SSSR count). The highest BCUT2D eigenvalue weighted by molar-refractivity contribution is 6.31. The highest BCUT2D eigenvalue weighted by Crippen LogP contribution is 2.42. The van der Waals surface area contributed by atoms with Gasteiger partial charge in [0, 0.05) is 28.5 Å². The molecule has 1 aromatic heterocycles. The molecule has 2 aromatic rings. The van der Waals surface area contributed by atoms with Crippen LogP contribution >= 0.6 is 11.6 Å². The van der Waals surface area contributed by atoms with E-state index in [1.807, 2.05) is 0 Å². The number of nitrogens with zero attached hydrogens (tertiary/aromatic N) is 3. The molecule has 0 saturated heterocycles. The summed E-state index contributed by atoms with van der Waals surface area (Å²) < 4.78 is 40.4. The van der Waals surface area contributed by atoms with Gasteiger partial charge in [0.25, 0.3) is 11.6 Å². The van der Waals surface area contributed by atoms with Crippen molar-refractivity contribution < 1.29 is 23.1 Å². The van der Waals surface area contributed by atoms with E-state index in [-0.39, 0.29) is 26.9 Å². The number of hydrogen-bond donors (Lipinski definition) is 1. The molecule has 1 amide bonds. The second kappa shape index (κ2) is 6.12. The monoisotopic (exact) mass is 369 g/mol. The normalized spacial score (nSPS) is 20.5. The molecular formula is C16H11ClF3N3O2. The Kier molecular flexibility index (Phi) is 4.26. The molecule has 0 unspecified atom stereocenters. The predicted octanol–water partition coefficient (Wildman–Crippen LogP) is 3.24. The van der Waals surface area contributed by atoms with Gasteiger partial charge in [0.1, 0.15) is 0 Å². The van der Waals surface area contributed by atoms with E-state index in [4.69, 9.17) is 11.6 Å². The van der Waals surface area contributed by atoms with Crippen LogP contribution in [-0.4, -0.2) is 38.6 Å². The summed E-state index contributed by atoms with van der Waals surface area (Å²) in [6.45, 7) is 0. The van der Waals surface area contributed by atoms with E-state index in [2.05, 4.69) is 10.1 Å². The number of amides is 1. The minimum absolute atomic E-state index is 0.0565. The van der Waals surface area contributed by atoms with Crippen molar-refractivity contribution in [1.82, 2.24) is 9.99 Å². The fourth-order valence-corrected chi connectivity index (χ4v) is 2.61. The smallest absolute Gasteiger partial charge is 0.362 e. The molecule has 5 nitrogen and oxygen atoms in total. The number of carbonyl (C=O) groups is 1. The van der Waals surface area contributed by atoms with Gasteiger partial charge < -0.3 is 5.11 Å². The van der Waals surface area contributed by atoms with Crippen LogP contribution in [0.25, 0.3) is 0 Å². The van der Waals surface area contributed by atoms with Crippen molar-refractivity contribution in [3.8, 4) is 0 Å². The summed E-state index contributed by atoms with van der Waals surface area (Å²) in [6.07, 6.45) is -3.24. The molecule has 0 radical (unpaired) electrons. The maximum atomic E-state index is 13.5. The maximum absolute atomic E-state index is 13.5. The van der Waals surface area contributed by atoms with Crippen molar-refractivity contribution >= 4 is 23.2 Å². The zero-order valence-corrected chi connectivity index (χ0v) is 13.3. The van der Waals surface area contributed by atoms with Gasteiger partial charge in [0.15, 0.2) is 0 Å². The summed E-state index contributed by atoms with van der Waals surface area (Å²) in [5.74, 6) is -1.11. The Morgan fingerprint density at radius 2 is 2.04 bits per heavy atom. The van der Waals surface area contributed by atoms with Crippen molar-refractivity contribution in [2.45, 2.75) is 18.3 Å². The van der Waals surface area contributed by atoms with Gasteiger partial charge in [-0.1, -0.05) is 23.7 Å². The largest absolute Gasteiger partial charge is 0.438 e. The number of aromatic nitrogens is 1. The van der Waals surface area contributed by atoms with Crippen molar-refractivity contribution in [1.29, 1.82) is 0 Å². The zero-order valence-electron chi connectivity index (χ0n) is 12.5. The topological polar surface area (TPSA) is 65.8 Å². The number of benzene rings is 1. The van der Waals surface area contributed by atoms with Crippen LogP contribution < -0.4 is 0 Å². The van der Waals surface area contributed by atoms with Crippen LogP contribution in [0.4, 0.5) is 13.2 Å². The predicted molar refractivity (Wildman–Crippen MR) is 84.0 cm³/mol. The molecule has 0 aliphatic carbocycles. The van der Waals surface area contributed by atoms with E-state index in [1.165, 1.54) is 48.8 Å². The van der Waals surface area contributed by atoms with Crippen molar-refractivity contribution in [2.75, 3.05) is 0 Å². The number of pyridine rings is 1. The fraction of sp³-hybridized carbons (Fsp3) is 0.188. The Hall–Kier alpha value is -2.45. The van der Waals surface area contributed by atoms with Crippen molar-refractivity contribution in [3.05, 3.63) is 64.9 Å². The molecule has 9 heteroatoms. The van der Waals surface area contributed by atoms with Gasteiger partial charge in [-0.3, -0.25) is 9.78 Å². The van der Waals surface area contributed by atoms with Gasteiger partial charge in [0.05, 0.1) is 12.1 Å². The second-order valence-electron chi connectivity index (χ2n) is 5.41. The molecule has 1 N–H and O–H groups in total. The molecule has 0 bridgehead atoms. The first-order valence-electron chi connectivity index (χ1n) is 7.09. The first kappa shape index (κ1) is 17.4. The minimum Gasteiger partial charge on any atom is -0.362 e. The molecule has 25 heavy (non-hydrogen) atoms. The molecule has 130 valence electrons. The lowest BCUT2D eigenvalue weighted by Gasteiger charge is -2.32. The number of halogens is 4. The van der Waals surface area contributed by atoms with Crippen LogP contribution in [0.1, 0.15) is 22.3 Å². The Morgan fingerprint density at radius 3 is 2.64 bits per heavy atom. The van der Waals surface area contributed by atoms with E-state index in [9.17, 15) is 23.1 Å². The van der Waals surface area contributed by atoms with E-state index < -0.39 is 24.2 Å². The Labute approximate surface area is 145 Å².